The van der Waals surface area contributed by atoms with Gasteiger partial charge in [0, 0.05) is 63.2 Å². The maximum atomic E-state index is 13.2. The lowest BCUT2D eigenvalue weighted by atomic mass is 10.1. The minimum atomic E-state index is -0.758. The van der Waals surface area contributed by atoms with Gasteiger partial charge in [-0.3, -0.25) is 19.2 Å². The molecule has 0 aliphatic heterocycles. The SMILES string of the molecule is CCOC(=O)CN(CCNC(=O)OCC#Cc1ccc(C#CCOC(=O)NCCN(CC(=O)OCC)C(=O)CCc2ccc(CNC(=O)OC(C)(C)C)cc2)cc1)C(=O)CCc1ccc(CNC(=O)OC(C)(C)C)cc1. The average Bonchev–Trinajstić information content (AvgIpc) is 3.35. The molecule has 6 amide bonds. The number of rotatable bonds is 24. The number of carbonyl (C=O) groups excluding carboxylic acids is 8. The molecule has 0 heterocycles. The lowest BCUT2D eigenvalue weighted by Gasteiger charge is -2.22. The molecule has 0 spiro atoms. The van der Waals surface area contributed by atoms with E-state index in [0.717, 1.165) is 22.3 Å². The number of benzene rings is 3. The van der Waals surface area contributed by atoms with Crippen LogP contribution in [0.4, 0.5) is 19.2 Å². The number of aryl methyl sites for hydroxylation is 2. The molecular formula is C56H72N6O14. The Morgan fingerprint density at radius 2 is 0.803 bits per heavy atom. The fraction of sp³-hybridized carbons (Fsp3) is 0.464. The van der Waals surface area contributed by atoms with Crippen molar-refractivity contribution >= 4 is 48.1 Å². The third kappa shape index (κ3) is 27.7. The number of amides is 6. The molecule has 76 heavy (non-hydrogen) atoms. The summed E-state index contributed by atoms with van der Waals surface area (Å²) in [6.07, 6.45) is -1.55. The van der Waals surface area contributed by atoms with Gasteiger partial charge in [-0.1, -0.05) is 72.2 Å². The first kappa shape index (κ1) is 62.0. The molecule has 0 atom stereocenters. The number of alkyl carbamates (subject to hydrolysis) is 4. The van der Waals surface area contributed by atoms with Crippen LogP contribution in [0.3, 0.4) is 0 Å². The molecule has 0 unspecified atom stereocenters. The first-order chi connectivity index (χ1) is 36.1. The monoisotopic (exact) mass is 1050 g/mol. The summed E-state index contributed by atoms with van der Waals surface area (Å²) in [6.45, 7) is 14.0. The van der Waals surface area contributed by atoms with Crippen molar-refractivity contribution in [3.05, 3.63) is 106 Å². The predicted octanol–water partition coefficient (Wildman–Crippen LogP) is 5.94. The van der Waals surface area contributed by atoms with Gasteiger partial charge in [-0.05, 0) is 115 Å². The van der Waals surface area contributed by atoms with E-state index < -0.39 is 47.5 Å². The van der Waals surface area contributed by atoms with Gasteiger partial charge in [0.05, 0.1) is 13.2 Å². The zero-order chi connectivity index (χ0) is 55.9. The first-order valence-corrected chi connectivity index (χ1v) is 25.0. The molecule has 20 heteroatoms. The second-order valence-electron chi connectivity index (χ2n) is 18.8. The molecule has 0 radical (unpaired) electrons. The summed E-state index contributed by atoms with van der Waals surface area (Å²) >= 11 is 0. The largest absolute Gasteiger partial charge is 0.465 e. The van der Waals surface area contributed by atoms with Crippen molar-refractivity contribution in [2.45, 2.75) is 105 Å². The molecule has 3 rings (SSSR count). The molecule has 4 N–H and O–H groups in total. The molecule has 410 valence electrons. The zero-order valence-corrected chi connectivity index (χ0v) is 44.9. The second-order valence-corrected chi connectivity index (χ2v) is 18.8. The molecule has 0 aliphatic rings. The maximum Gasteiger partial charge on any atom is 0.408 e. The molecule has 3 aromatic rings. The summed E-state index contributed by atoms with van der Waals surface area (Å²) in [6, 6.07) is 21.7. The molecule has 0 aliphatic carbocycles. The number of ether oxygens (including phenoxy) is 6. The number of hydrogen-bond acceptors (Lipinski definition) is 14. The fourth-order valence-corrected chi connectivity index (χ4v) is 6.56. The molecule has 0 saturated carbocycles. The molecule has 0 aromatic heterocycles. The van der Waals surface area contributed by atoms with Gasteiger partial charge in [0.2, 0.25) is 11.8 Å². The van der Waals surface area contributed by atoms with Crippen molar-refractivity contribution in [1.29, 1.82) is 0 Å². The molecule has 3 aromatic carbocycles. The second kappa shape index (κ2) is 32.8. The highest BCUT2D eigenvalue weighted by molar-refractivity contribution is 5.83. The van der Waals surface area contributed by atoms with Gasteiger partial charge in [0.15, 0.2) is 13.2 Å². The van der Waals surface area contributed by atoms with E-state index in [9.17, 15) is 38.4 Å². The maximum absolute atomic E-state index is 13.2. The Balaban J connectivity index is 1.37. The molecule has 0 bridgehead atoms. The summed E-state index contributed by atoms with van der Waals surface area (Å²) in [7, 11) is 0. The summed E-state index contributed by atoms with van der Waals surface area (Å²) in [4.78, 5) is 102. The van der Waals surface area contributed by atoms with Crippen LogP contribution in [0.5, 0.6) is 0 Å². The lowest BCUT2D eigenvalue weighted by molar-refractivity contribution is -0.149. The van der Waals surface area contributed by atoms with Crippen LogP contribution in [0.15, 0.2) is 72.8 Å². The van der Waals surface area contributed by atoms with E-state index in [4.69, 9.17) is 28.4 Å². The van der Waals surface area contributed by atoms with Crippen LogP contribution in [0.25, 0.3) is 0 Å². The zero-order valence-electron chi connectivity index (χ0n) is 44.9. The van der Waals surface area contributed by atoms with Crippen LogP contribution in [0.2, 0.25) is 0 Å². The highest BCUT2D eigenvalue weighted by Gasteiger charge is 2.21. The Morgan fingerprint density at radius 1 is 0.461 bits per heavy atom. The van der Waals surface area contributed by atoms with E-state index in [0.29, 0.717) is 24.0 Å². The van der Waals surface area contributed by atoms with Crippen molar-refractivity contribution in [2.24, 2.45) is 0 Å². The third-order valence-corrected chi connectivity index (χ3v) is 10.1. The van der Waals surface area contributed by atoms with Gasteiger partial charge in [-0.2, -0.15) is 0 Å². The first-order valence-electron chi connectivity index (χ1n) is 25.0. The van der Waals surface area contributed by atoms with Crippen LogP contribution in [0.1, 0.15) is 102 Å². The third-order valence-electron chi connectivity index (χ3n) is 10.1. The van der Waals surface area contributed by atoms with Crippen molar-refractivity contribution in [2.75, 3.05) is 65.7 Å². The minimum Gasteiger partial charge on any atom is -0.465 e. The van der Waals surface area contributed by atoms with E-state index in [1.165, 1.54) is 9.80 Å². The van der Waals surface area contributed by atoms with Gasteiger partial charge >= 0.3 is 36.3 Å². The summed E-state index contributed by atoms with van der Waals surface area (Å²) in [5, 5.41) is 10.5. The Morgan fingerprint density at radius 3 is 1.13 bits per heavy atom. The van der Waals surface area contributed by atoms with Gasteiger partial charge in [0.1, 0.15) is 24.3 Å². The molecule has 20 nitrogen and oxygen atoms in total. The van der Waals surface area contributed by atoms with Gasteiger partial charge in [-0.15, -0.1) is 0 Å². The van der Waals surface area contributed by atoms with Gasteiger partial charge in [0.25, 0.3) is 0 Å². The average molecular weight is 1050 g/mol. The van der Waals surface area contributed by atoms with Crippen molar-refractivity contribution < 1.29 is 66.8 Å². The number of hydrogen-bond donors (Lipinski definition) is 4. The standard InChI is InChI=1S/C56H72N6O14/c1-9-71-49(65)39-61(47(63)29-27-43-19-23-45(24-20-43)37-59-53(69)75-55(3,4)5)33-31-57-51(67)73-35-11-13-41-15-17-42(18-16-41)14-12-36-74-52(68)58-32-34-62(40-50(66)72-10-2)48(64)30-28-44-21-25-46(26-22-44)38-60-54(70)76-56(6,7)8/h15-26H,9-10,27-40H2,1-8H3,(H,57,67)(H,58,68)(H,59,69)(H,60,70). The Kier molecular flexibility index (Phi) is 26.8. The van der Waals surface area contributed by atoms with Crippen LogP contribution < -0.4 is 21.3 Å². The van der Waals surface area contributed by atoms with Crippen molar-refractivity contribution in [1.82, 2.24) is 31.1 Å². The van der Waals surface area contributed by atoms with Crippen LogP contribution >= 0.6 is 0 Å². The number of esters is 2. The van der Waals surface area contributed by atoms with E-state index in [-0.39, 0.29) is 103 Å². The highest BCUT2D eigenvalue weighted by Crippen LogP contribution is 2.13. The van der Waals surface area contributed by atoms with Gasteiger partial charge < -0.3 is 59.5 Å². The highest BCUT2D eigenvalue weighted by atomic mass is 16.6. The van der Waals surface area contributed by atoms with E-state index in [2.05, 4.69) is 44.9 Å². The summed E-state index contributed by atoms with van der Waals surface area (Å²) < 4.78 is 30.9. The normalized spacial score (nSPS) is 10.6. The Bertz CT molecular complexity index is 2340. The van der Waals surface area contributed by atoms with Crippen LogP contribution in [0, 0.1) is 23.7 Å². The van der Waals surface area contributed by atoms with Crippen LogP contribution in [-0.4, -0.2) is 135 Å². The van der Waals surface area contributed by atoms with E-state index in [1.54, 1.807) is 79.7 Å². The lowest BCUT2D eigenvalue weighted by Crippen LogP contribution is -2.42. The minimum absolute atomic E-state index is 0.00834. The number of nitrogens with zero attached hydrogens (tertiary/aromatic N) is 2. The van der Waals surface area contributed by atoms with E-state index >= 15 is 0 Å². The van der Waals surface area contributed by atoms with Crippen molar-refractivity contribution in [3.8, 4) is 23.7 Å². The van der Waals surface area contributed by atoms with Crippen LogP contribution in [-0.2, 0) is 73.5 Å². The molecule has 0 fully saturated rings. The molecule has 0 saturated heterocycles. The quantitative estimate of drug-likeness (QED) is 0.0461. The van der Waals surface area contributed by atoms with Crippen molar-refractivity contribution in [3.63, 3.8) is 0 Å². The number of carbonyl (C=O) groups is 8. The summed E-state index contributed by atoms with van der Waals surface area (Å²) in [5.74, 6) is 9.53. The predicted molar refractivity (Wildman–Crippen MR) is 281 cm³/mol. The Hall–Kier alpha value is -8.26. The summed E-state index contributed by atoms with van der Waals surface area (Å²) in [5.41, 5.74) is 3.51. The topological polar surface area (TPSA) is 247 Å². The van der Waals surface area contributed by atoms with Gasteiger partial charge in [-0.25, -0.2) is 19.2 Å². The van der Waals surface area contributed by atoms with E-state index in [1.807, 2.05) is 48.5 Å². The molecular weight excluding hydrogens is 981 g/mol. The Labute approximate surface area is 445 Å². The fourth-order valence-electron chi connectivity index (χ4n) is 6.56. The number of nitrogens with one attached hydrogen (secondary N) is 4. The smallest absolute Gasteiger partial charge is 0.408 e.